The third-order valence-corrected chi connectivity index (χ3v) is 6.30. The Morgan fingerprint density at radius 1 is 1.13 bits per heavy atom. The molecule has 3 atom stereocenters. The summed E-state index contributed by atoms with van der Waals surface area (Å²) in [5, 5.41) is 34.0. The minimum atomic E-state index is -1.09. The molecule has 0 saturated heterocycles. The second-order valence-electron chi connectivity index (χ2n) is 8.05. The highest BCUT2D eigenvalue weighted by Gasteiger charge is 2.50. The first-order chi connectivity index (χ1) is 14.6. The summed E-state index contributed by atoms with van der Waals surface area (Å²) >= 11 is 0. The average Bonchev–Trinajstić information content (AvgIpc) is 2.68. The fraction of sp³-hybridized carbons (Fsp3) is 0.364. The van der Waals surface area contributed by atoms with E-state index >= 15 is 0 Å². The van der Waals surface area contributed by atoms with Crippen LogP contribution in [0.1, 0.15) is 35.7 Å². The van der Waals surface area contributed by atoms with E-state index in [2.05, 4.69) is 10.1 Å². The van der Waals surface area contributed by atoms with Gasteiger partial charge in [-0.05, 0) is 49.3 Å². The van der Waals surface area contributed by atoms with Crippen molar-refractivity contribution in [2.24, 2.45) is 17.8 Å². The standard InChI is InChI=1S/C22H21NO8/c1-8(24)15-14(26)7-10-5-9-6-11-12(23-22(30)31-2)3-4-13(25)18(11)21(29)16(9)20(28)17(10)19(15)27/h3-4,9-10,17,25-26,28H,5-7H2,1-2H3,(H,23,30). The molecule has 0 aromatic heterocycles. The van der Waals surface area contributed by atoms with Crippen LogP contribution in [0.5, 0.6) is 5.75 Å². The number of rotatable bonds is 2. The maximum absolute atomic E-state index is 13.3. The van der Waals surface area contributed by atoms with Crippen LogP contribution >= 0.6 is 0 Å². The molecule has 31 heavy (non-hydrogen) atoms. The molecule has 162 valence electrons. The van der Waals surface area contributed by atoms with Crippen molar-refractivity contribution in [1.82, 2.24) is 0 Å². The molecule has 0 bridgehead atoms. The molecule has 3 unspecified atom stereocenters. The van der Waals surface area contributed by atoms with Crippen molar-refractivity contribution in [2.75, 3.05) is 12.4 Å². The van der Waals surface area contributed by atoms with E-state index in [-0.39, 0.29) is 41.1 Å². The molecular formula is C22H21NO8. The van der Waals surface area contributed by atoms with Crippen molar-refractivity contribution < 1.29 is 39.2 Å². The number of aromatic hydroxyl groups is 1. The monoisotopic (exact) mass is 427 g/mol. The number of hydrogen-bond donors (Lipinski definition) is 4. The Labute approximate surface area is 177 Å². The van der Waals surface area contributed by atoms with Crippen molar-refractivity contribution in [1.29, 1.82) is 0 Å². The summed E-state index contributed by atoms with van der Waals surface area (Å²) in [6.07, 6.45) is -0.176. The predicted molar refractivity (Wildman–Crippen MR) is 107 cm³/mol. The number of ketones is 3. The summed E-state index contributed by atoms with van der Waals surface area (Å²) in [5.74, 6) is -5.02. The van der Waals surface area contributed by atoms with Gasteiger partial charge in [-0.1, -0.05) is 0 Å². The average molecular weight is 427 g/mol. The first kappa shape index (κ1) is 20.6. The fourth-order valence-electron chi connectivity index (χ4n) is 5.03. The maximum Gasteiger partial charge on any atom is 0.411 e. The number of methoxy groups -OCH3 is 1. The lowest BCUT2D eigenvalue weighted by Gasteiger charge is -2.41. The Bertz CT molecular complexity index is 1110. The third kappa shape index (κ3) is 3.08. The van der Waals surface area contributed by atoms with Crippen molar-refractivity contribution in [3.8, 4) is 5.75 Å². The Morgan fingerprint density at radius 2 is 1.84 bits per heavy atom. The van der Waals surface area contributed by atoms with Crippen molar-refractivity contribution in [3.05, 3.63) is 45.9 Å². The molecule has 0 aliphatic heterocycles. The molecule has 4 N–H and O–H groups in total. The number of aliphatic hydroxyl groups is 2. The van der Waals surface area contributed by atoms with E-state index in [9.17, 15) is 34.5 Å². The molecular weight excluding hydrogens is 406 g/mol. The van der Waals surface area contributed by atoms with Gasteiger partial charge in [0.1, 0.15) is 17.3 Å². The van der Waals surface area contributed by atoms with E-state index in [1.54, 1.807) is 0 Å². The zero-order valence-electron chi connectivity index (χ0n) is 16.9. The smallest absolute Gasteiger partial charge is 0.411 e. The van der Waals surface area contributed by atoms with E-state index in [0.717, 1.165) is 6.92 Å². The van der Waals surface area contributed by atoms with Gasteiger partial charge in [-0.3, -0.25) is 19.7 Å². The fourth-order valence-corrected chi connectivity index (χ4v) is 5.03. The van der Waals surface area contributed by atoms with E-state index in [0.29, 0.717) is 17.7 Å². The number of hydrogen-bond acceptors (Lipinski definition) is 8. The largest absolute Gasteiger partial charge is 0.511 e. The normalized spacial score (nSPS) is 24.9. The number of allylic oxidation sites excluding steroid dienone is 4. The van der Waals surface area contributed by atoms with Crippen LogP contribution in [0.2, 0.25) is 0 Å². The van der Waals surface area contributed by atoms with Gasteiger partial charge in [-0.15, -0.1) is 0 Å². The van der Waals surface area contributed by atoms with E-state index < -0.39 is 47.0 Å². The Kier molecular flexibility index (Phi) is 4.83. The van der Waals surface area contributed by atoms with Crippen LogP contribution in [0.15, 0.2) is 34.8 Å². The van der Waals surface area contributed by atoms with E-state index in [1.807, 2.05) is 0 Å². The number of phenolic OH excluding ortho intramolecular Hbond substituents is 1. The lowest BCUT2D eigenvalue weighted by Crippen LogP contribution is -2.42. The van der Waals surface area contributed by atoms with Gasteiger partial charge in [-0.25, -0.2) is 4.79 Å². The number of Topliss-reactive ketones (excluding diaryl/α,β-unsaturated/α-hetero) is 3. The number of benzene rings is 1. The first-order valence-electron chi connectivity index (χ1n) is 9.80. The molecule has 3 aliphatic rings. The summed E-state index contributed by atoms with van der Waals surface area (Å²) in [7, 11) is 1.20. The number of carbonyl (C=O) groups is 4. The second-order valence-corrected chi connectivity index (χ2v) is 8.05. The number of ether oxygens (including phenoxy) is 1. The van der Waals surface area contributed by atoms with Crippen LogP contribution in [-0.4, -0.2) is 45.9 Å². The van der Waals surface area contributed by atoms with Crippen LogP contribution in [0.3, 0.4) is 0 Å². The number of carbonyl (C=O) groups excluding carboxylic acids is 4. The summed E-state index contributed by atoms with van der Waals surface area (Å²) in [4.78, 5) is 49.7. The van der Waals surface area contributed by atoms with Gasteiger partial charge < -0.3 is 20.1 Å². The van der Waals surface area contributed by atoms with Crippen LogP contribution in [-0.2, 0) is 20.7 Å². The Morgan fingerprint density at radius 3 is 2.48 bits per heavy atom. The van der Waals surface area contributed by atoms with Gasteiger partial charge >= 0.3 is 6.09 Å². The van der Waals surface area contributed by atoms with Crippen molar-refractivity contribution in [2.45, 2.75) is 26.2 Å². The summed E-state index contributed by atoms with van der Waals surface area (Å²) in [6.45, 7) is 1.16. The van der Waals surface area contributed by atoms with Gasteiger partial charge in [0, 0.05) is 17.7 Å². The predicted octanol–water partition coefficient (Wildman–Crippen LogP) is 2.75. The van der Waals surface area contributed by atoms with Crippen molar-refractivity contribution >= 4 is 29.1 Å². The molecule has 1 aromatic carbocycles. The number of fused-ring (bicyclic) bond motifs is 3. The molecule has 1 aromatic rings. The minimum absolute atomic E-state index is 0.0249. The van der Waals surface area contributed by atoms with Crippen LogP contribution in [0, 0.1) is 17.8 Å². The van der Waals surface area contributed by atoms with E-state index in [4.69, 9.17) is 0 Å². The highest BCUT2D eigenvalue weighted by atomic mass is 16.5. The molecule has 0 heterocycles. The number of phenols is 1. The molecule has 0 radical (unpaired) electrons. The van der Waals surface area contributed by atoms with Crippen molar-refractivity contribution in [3.63, 3.8) is 0 Å². The van der Waals surface area contributed by atoms with Gasteiger partial charge in [0.15, 0.2) is 17.3 Å². The first-order valence-corrected chi connectivity index (χ1v) is 9.80. The highest BCUT2D eigenvalue weighted by molar-refractivity contribution is 6.22. The lowest BCUT2D eigenvalue weighted by molar-refractivity contribution is -0.125. The molecule has 4 rings (SSSR count). The van der Waals surface area contributed by atoms with Gasteiger partial charge in [0.25, 0.3) is 0 Å². The zero-order chi connectivity index (χ0) is 22.6. The number of amides is 1. The van der Waals surface area contributed by atoms with Gasteiger partial charge in [0.05, 0.1) is 24.2 Å². The SMILES string of the molecule is COC(=O)Nc1ccc(O)c2c1CC1CC3CC(O)=C(C(C)=O)C(=O)C3C(O)=C1C2=O. The highest BCUT2D eigenvalue weighted by Crippen LogP contribution is 2.50. The molecule has 0 spiro atoms. The molecule has 0 saturated carbocycles. The van der Waals surface area contributed by atoms with Crippen LogP contribution in [0.4, 0.5) is 10.5 Å². The summed E-state index contributed by atoms with van der Waals surface area (Å²) in [6, 6.07) is 2.71. The molecule has 9 heteroatoms. The van der Waals surface area contributed by atoms with Gasteiger partial charge in [0.2, 0.25) is 0 Å². The Hall–Kier alpha value is -3.62. The molecule has 9 nitrogen and oxygen atoms in total. The lowest BCUT2D eigenvalue weighted by atomic mass is 9.62. The second kappa shape index (κ2) is 7.26. The molecule has 3 aliphatic carbocycles. The quantitative estimate of drug-likeness (QED) is 0.416. The molecule has 0 fully saturated rings. The Balaban J connectivity index is 1.82. The number of nitrogens with one attached hydrogen (secondary N) is 1. The number of aliphatic hydroxyl groups excluding tert-OH is 2. The topological polar surface area (TPSA) is 150 Å². The maximum atomic E-state index is 13.3. The van der Waals surface area contributed by atoms with E-state index in [1.165, 1.54) is 19.2 Å². The zero-order valence-corrected chi connectivity index (χ0v) is 16.9. The minimum Gasteiger partial charge on any atom is -0.511 e. The van der Waals surface area contributed by atoms with Crippen LogP contribution in [0.25, 0.3) is 0 Å². The van der Waals surface area contributed by atoms with Gasteiger partial charge in [-0.2, -0.15) is 0 Å². The third-order valence-electron chi connectivity index (χ3n) is 6.30. The summed E-state index contributed by atoms with van der Waals surface area (Å²) < 4.78 is 4.60. The number of anilines is 1. The molecule has 1 amide bonds. The van der Waals surface area contributed by atoms with Crippen LogP contribution < -0.4 is 5.32 Å². The summed E-state index contributed by atoms with van der Waals surface area (Å²) in [5.41, 5.74) is 0.329.